The van der Waals surface area contributed by atoms with E-state index in [1.165, 1.54) is 45.2 Å². The number of hydrogen-bond donors (Lipinski definition) is 2. The summed E-state index contributed by atoms with van der Waals surface area (Å²) in [6.07, 6.45) is 6.76. The minimum atomic E-state index is 0.425. The number of piperidine rings is 2. The molecule has 0 radical (unpaired) electrons. The first-order chi connectivity index (χ1) is 5.92. The van der Waals surface area contributed by atoms with Gasteiger partial charge in [0.15, 0.2) is 0 Å². The Bertz CT molecular complexity index is 140. The zero-order valence-corrected chi connectivity index (χ0v) is 7.76. The highest BCUT2D eigenvalue weighted by atomic mass is 16.3. The number of aliphatic hydroxyl groups is 1. The standard InChI is InChI=1S/C10H19NO/c12-8-9-4-3-7-11-6-2-1-5-10(9)11/h9-10,12H,1-8H2/p+1. The van der Waals surface area contributed by atoms with Gasteiger partial charge in [-0.15, -0.1) is 0 Å². The Morgan fingerprint density at radius 2 is 1.92 bits per heavy atom. The van der Waals surface area contributed by atoms with E-state index < -0.39 is 0 Å². The molecule has 12 heavy (non-hydrogen) atoms. The Morgan fingerprint density at radius 3 is 2.75 bits per heavy atom. The highest BCUT2D eigenvalue weighted by Crippen LogP contribution is 2.19. The lowest BCUT2D eigenvalue weighted by Gasteiger charge is -2.40. The van der Waals surface area contributed by atoms with Crippen LogP contribution in [0.1, 0.15) is 32.1 Å². The minimum absolute atomic E-state index is 0.425. The van der Waals surface area contributed by atoms with Crippen molar-refractivity contribution in [1.29, 1.82) is 0 Å². The molecule has 2 aliphatic heterocycles. The van der Waals surface area contributed by atoms with Crippen molar-refractivity contribution in [2.75, 3.05) is 19.7 Å². The summed E-state index contributed by atoms with van der Waals surface area (Å²) < 4.78 is 0. The molecule has 2 heterocycles. The number of quaternary nitrogens is 1. The lowest BCUT2D eigenvalue weighted by Crippen LogP contribution is -3.18. The SMILES string of the molecule is OCC1CCC[NH+]2CCCCC12. The van der Waals surface area contributed by atoms with E-state index >= 15 is 0 Å². The van der Waals surface area contributed by atoms with Gasteiger partial charge >= 0.3 is 0 Å². The third-order valence-corrected chi connectivity index (χ3v) is 3.66. The van der Waals surface area contributed by atoms with Crippen LogP contribution in [0, 0.1) is 5.92 Å². The summed E-state index contributed by atoms with van der Waals surface area (Å²) in [6.45, 7) is 3.15. The molecule has 2 fully saturated rings. The van der Waals surface area contributed by atoms with E-state index in [0.29, 0.717) is 12.5 Å². The molecule has 0 aliphatic carbocycles. The van der Waals surface area contributed by atoms with Crippen molar-refractivity contribution in [2.45, 2.75) is 38.1 Å². The Kier molecular flexibility index (Phi) is 2.66. The van der Waals surface area contributed by atoms with Crippen LogP contribution in [0.5, 0.6) is 0 Å². The summed E-state index contributed by atoms with van der Waals surface area (Å²) in [4.78, 5) is 1.78. The molecule has 0 spiro atoms. The largest absolute Gasteiger partial charge is 0.396 e. The molecule has 2 nitrogen and oxygen atoms in total. The Labute approximate surface area is 74.6 Å². The van der Waals surface area contributed by atoms with Gasteiger partial charge in [-0.1, -0.05) is 0 Å². The average molecular weight is 170 g/mol. The first-order valence-corrected chi connectivity index (χ1v) is 5.37. The zero-order chi connectivity index (χ0) is 8.39. The van der Waals surface area contributed by atoms with Gasteiger partial charge in [-0.05, 0) is 32.1 Å². The summed E-state index contributed by atoms with van der Waals surface area (Å²) in [6, 6.07) is 0.803. The summed E-state index contributed by atoms with van der Waals surface area (Å²) in [7, 11) is 0. The van der Waals surface area contributed by atoms with E-state index in [0.717, 1.165) is 6.04 Å². The Morgan fingerprint density at radius 1 is 1.08 bits per heavy atom. The maximum absolute atomic E-state index is 9.22. The van der Waals surface area contributed by atoms with Gasteiger partial charge in [-0.3, -0.25) is 0 Å². The maximum Gasteiger partial charge on any atom is 0.0925 e. The van der Waals surface area contributed by atoms with Crippen LogP contribution < -0.4 is 4.90 Å². The molecule has 0 aromatic carbocycles. The van der Waals surface area contributed by atoms with Gasteiger partial charge in [-0.25, -0.2) is 0 Å². The van der Waals surface area contributed by atoms with E-state index in [9.17, 15) is 5.11 Å². The topological polar surface area (TPSA) is 24.7 Å². The van der Waals surface area contributed by atoms with Crippen LogP contribution in [0.2, 0.25) is 0 Å². The fraction of sp³-hybridized carbons (Fsp3) is 1.00. The van der Waals surface area contributed by atoms with Crippen LogP contribution in [0.15, 0.2) is 0 Å². The van der Waals surface area contributed by atoms with Crippen LogP contribution in [-0.2, 0) is 0 Å². The summed E-state index contributed by atoms with van der Waals surface area (Å²) >= 11 is 0. The van der Waals surface area contributed by atoms with E-state index in [1.54, 1.807) is 4.90 Å². The molecule has 0 aromatic rings. The van der Waals surface area contributed by atoms with E-state index in [1.807, 2.05) is 0 Å². The summed E-state index contributed by atoms with van der Waals surface area (Å²) in [5.74, 6) is 0.619. The van der Waals surface area contributed by atoms with Crippen LogP contribution in [0.25, 0.3) is 0 Å². The van der Waals surface area contributed by atoms with E-state index in [4.69, 9.17) is 0 Å². The predicted molar refractivity (Wildman–Crippen MR) is 48.1 cm³/mol. The smallest absolute Gasteiger partial charge is 0.0925 e. The molecular formula is C10H20NO+. The second-order valence-corrected chi connectivity index (χ2v) is 4.35. The quantitative estimate of drug-likeness (QED) is 0.561. The molecule has 3 unspecified atom stereocenters. The molecule has 2 rings (SSSR count). The molecular weight excluding hydrogens is 150 g/mol. The number of hydrogen-bond acceptors (Lipinski definition) is 1. The Hall–Kier alpha value is -0.0800. The molecule has 2 saturated heterocycles. The third kappa shape index (κ3) is 1.50. The van der Waals surface area contributed by atoms with Crippen LogP contribution in [0.4, 0.5) is 0 Å². The molecule has 2 N–H and O–H groups in total. The number of rotatable bonds is 1. The van der Waals surface area contributed by atoms with Gasteiger partial charge in [0.05, 0.1) is 25.7 Å². The van der Waals surface area contributed by atoms with Gasteiger partial charge < -0.3 is 10.0 Å². The molecule has 0 amide bonds. The van der Waals surface area contributed by atoms with Crippen LogP contribution in [-0.4, -0.2) is 30.8 Å². The van der Waals surface area contributed by atoms with Gasteiger partial charge in [0, 0.05) is 5.92 Å². The van der Waals surface area contributed by atoms with Crippen molar-refractivity contribution < 1.29 is 10.0 Å². The second kappa shape index (κ2) is 3.75. The van der Waals surface area contributed by atoms with Crippen molar-refractivity contribution in [3.63, 3.8) is 0 Å². The van der Waals surface area contributed by atoms with Gasteiger partial charge in [0.25, 0.3) is 0 Å². The predicted octanol–water partition coefficient (Wildman–Crippen LogP) is -0.174. The molecule has 0 aromatic heterocycles. The third-order valence-electron chi connectivity index (χ3n) is 3.66. The van der Waals surface area contributed by atoms with Gasteiger partial charge in [0.1, 0.15) is 0 Å². The monoisotopic (exact) mass is 170 g/mol. The fourth-order valence-electron chi connectivity index (χ4n) is 3.00. The normalized spacial score (nSPS) is 42.2. The van der Waals surface area contributed by atoms with Crippen molar-refractivity contribution in [1.82, 2.24) is 0 Å². The zero-order valence-electron chi connectivity index (χ0n) is 7.76. The fourth-order valence-corrected chi connectivity index (χ4v) is 3.00. The first-order valence-electron chi connectivity index (χ1n) is 5.37. The highest BCUT2D eigenvalue weighted by Gasteiger charge is 2.35. The van der Waals surface area contributed by atoms with Crippen molar-refractivity contribution in [3.8, 4) is 0 Å². The Balaban J connectivity index is 1.99. The van der Waals surface area contributed by atoms with E-state index in [2.05, 4.69) is 0 Å². The number of fused-ring (bicyclic) bond motifs is 1. The van der Waals surface area contributed by atoms with Crippen molar-refractivity contribution in [2.24, 2.45) is 5.92 Å². The van der Waals surface area contributed by atoms with Crippen LogP contribution >= 0.6 is 0 Å². The van der Waals surface area contributed by atoms with Gasteiger partial charge in [-0.2, -0.15) is 0 Å². The van der Waals surface area contributed by atoms with Crippen LogP contribution in [0.3, 0.4) is 0 Å². The van der Waals surface area contributed by atoms with Crippen molar-refractivity contribution in [3.05, 3.63) is 0 Å². The molecule has 2 aliphatic rings. The molecule has 2 heteroatoms. The van der Waals surface area contributed by atoms with E-state index in [-0.39, 0.29) is 0 Å². The maximum atomic E-state index is 9.22. The molecule has 70 valence electrons. The average Bonchev–Trinajstić information content (AvgIpc) is 2.17. The number of nitrogens with one attached hydrogen (secondary N) is 1. The first kappa shape index (κ1) is 8.52. The lowest BCUT2D eigenvalue weighted by atomic mass is 9.84. The number of aliphatic hydroxyl groups excluding tert-OH is 1. The minimum Gasteiger partial charge on any atom is -0.396 e. The lowest BCUT2D eigenvalue weighted by molar-refractivity contribution is -0.940. The molecule has 0 saturated carbocycles. The van der Waals surface area contributed by atoms with Gasteiger partial charge in [0.2, 0.25) is 0 Å². The second-order valence-electron chi connectivity index (χ2n) is 4.35. The summed E-state index contributed by atoms with van der Waals surface area (Å²) in [5.41, 5.74) is 0. The molecule has 0 bridgehead atoms. The highest BCUT2D eigenvalue weighted by molar-refractivity contribution is 4.74. The summed E-state index contributed by atoms with van der Waals surface area (Å²) in [5, 5.41) is 9.22. The molecule has 3 atom stereocenters. The van der Waals surface area contributed by atoms with Crippen molar-refractivity contribution >= 4 is 0 Å².